The van der Waals surface area contributed by atoms with Crippen LogP contribution < -0.4 is 11.1 Å². The van der Waals surface area contributed by atoms with Crippen LogP contribution in [0.2, 0.25) is 0 Å². The molecule has 1 aromatic carbocycles. The number of hydrogen-bond acceptors (Lipinski definition) is 5. The minimum atomic E-state index is -0.363. The first-order valence-electron chi connectivity index (χ1n) is 9.53. The van der Waals surface area contributed by atoms with Crippen LogP contribution >= 0.6 is 0 Å². The minimum Gasteiger partial charge on any atom is -0.376 e. The van der Waals surface area contributed by atoms with Gasteiger partial charge >= 0.3 is 0 Å². The second kappa shape index (κ2) is 8.19. The van der Waals surface area contributed by atoms with Gasteiger partial charge in [0.25, 0.3) is 17.7 Å². The van der Waals surface area contributed by atoms with Gasteiger partial charge in [-0.15, -0.1) is 0 Å². The van der Waals surface area contributed by atoms with E-state index in [0.717, 1.165) is 19.3 Å². The molecule has 0 aromatic heterocycles. The van der Waals surface area contributed by atoms with Gasteiger partial charge in [-0.25, -0.2) is 0 Å². The summed E-state index contributed by atoms with van der Waals surface area (Å²) in [6.45, 7) is 5.41. The van der Waals surface area contributed by atoms with E-state index in [4.69, 9.17) is 10.5 Å². The summed E-state index contributed by atoms with van der Waals surface area (Å²) in [5, 5.41) is 2.91. The van der Waals surface area contributed by atoms with Crippen LogP contribution in [0.4, 0.5) is 0 Å². The lowest BCUT2D eigenvalue weighted by molar-refractivity contribution is 0.0475. The Bertz CT molecular complexity index is 741. The van der Waals surface area contributed by atoms with E-state index < -0.39 is 0 Å². The maximum absolute atomic E-state index is 12.7. The molecule has 7 heteroatoms. The van der Waals surface area contributed by atoms with Crippen molar-refractivity contribution in [1.29, 1.82) is 0 Å². The van der Waals surface area contributed by atoms with E-state index in [9.17, 15) is 14.4 Å². The maximum atomic E-state index is 12.7. The first kappa shape index (κ1) is 19.5. The van der Waals surface area contributed by atoms with Crippen LogP contribution in [0.5, 0.6) is 0 Å². The van der Waals surface area contributed by atoms with Crippen molar-refractivity contribution in [3.05, 3.63) is 34.9 Å². The van der Waals surface area contributed by atoms with E-state index in [1.165, 1.54) is 11.0 Å². The number of carbonyl (C=O) groups excluding carboxylic acids is 3. The van der Waals surface area contributed by atoms with Crippen LogP contribution in [0.1, 0.15) is 64.2 Å². The van der Waals surface area contributed by atoms with Gasteiger partial charge in [0.2, 0.25) is 0 Å². The van der Waals surface area contributed by atoms with Crippen LogP contribution in [0.25, 0.3) is 0 Å². The Hall–Kier alpha value is -2.25. The number of nitrogens with two attached hydrogens (primary N) is 1. The molecule has 0 saturated carbocycles. The second-order valence-electron chi connectivity index (χ2n) is 7.65. The molecule has 2 atom stereocenters. The molecular formula is C20H27N3O4. The Kier molecular flexibility index (Phi) is 5.92. The summed E-state index contributed by atoms with van der Waals surface area (Å²) in [7, 11) is 0. The Labute approximate surface area is 159 Å². The molecule has 2 aliphatic rings. The topological polar surface area (TPSA) is 102 Å². The Morgan fingerprint density at radius 1 is 1.30 bits per heavy atom. The van der Waals surface area contributed by atoms with Crippen molar-refractivity contribution in [2.45, 2.75) is 45.3 Å². The van der Waals surface area contributed by atoms with E-state index in [2.05, 4.69) is 19.2 Å². The molecule has 0 bridgehead atoms. The van der Waals surface area contributed by atoms with E-state index in [1.54, 1.807) is 12.1 Å². The van der Waals surface area contributed by atoms with Gasteiger partial charge in [0.1, 0.15) is 0 Å². The highest BCUT2D eigenvalue weighted by Gasteiger charge is 2.38. The average Bonchev–Trinajstić information content (AvgIpc) is 3.23. The zero-order chi connectivity index (χ0) is 19.6. The largest absolute Gasteiger partial charge is 0.376 e. The van der Waals surface area contributed by atoms with Crippen molar-refractivity contribution >= 4 is 17.7 Å². The fourth-order valence-electron chi connectivity index (χ4n) is 3.64. The predicted octanol–water partition coefficient (Wildman–Crippen LogP) is 1.56. The monoisotopic (exact) mass is 373 g/mol. The molecule has 2 aliphatic heterocycles. The Balaban J connectivity index is 1.74. The highest BCUT2D eigenvalue weighted by Crippen LogP contribution is 2.26. The molecule has 3 rings (SSSR count). The van der Waals surface area contributed by atoms with Gasteiger partial charge in [-0.1, -0.05) is 13.8 Å². The molecule has 0 aliphatic carbocycles. The number of rotatable bonds is 7. The van der Waals surface area contributed by atoms with Crippen molar-refractivity contribution in [2.24, 2.45) is 11.7 Å². The standard InChI is InChI=1S/C20H27N3O4/c1-12(2)8-14(10-21)22-18(24)13-5-6-16-17(9-13)20(26)23(19(16)25)11-15-4-3-7-27-15/h5-6,9,12,14-15H,3-4,7-8,10-11,21H2,1-2H3,(H,22,24). The molecule has 146 valence electrons. The number of hydrogen-bond donors (Lipinski definition) is 2. The highest BCUT2D eigenvalue weighted by atomic mass is 16.5. The summed E-state index contributed by atoms with van der Waals surface area (Å²) in [4.78, 5) is 39.0. The highest BCUT2D eigenvalue weighted by molar-refractivity contribution is 6.22. The van der Waals surface area contributed by atoms with Gasteiger partial charge in [0.05, 0.1) is 23.8 Å². The van der Waals surface area contributed by atoms with Crippen molar-refractivity contribution < 1.29 is 19.1 Å². The molecular weight excluding hydrogens is 346 g/mol. The number of nitrogens with one attached hydrogen (secondary N) is 1. The summed E-state index contributed by atoms with van der Waals surface area (Å²) < 4.78 is 5.54. The predicted molar refractivity (Wildman–Crippen MR) is 101 cm³/mol. The fourth-order valence-corrected chi connectivity index (χ4v) is 3.64. The van der Waals surface area contributed by atoms with Crippen LogP contribution in [-0.4, -0.2) is 54.5 Å². The summed E-state index contributed by atoms with van der Waals surface area (Å²) in [5.41, 5.74) is 6.72. The van der Waals surface area contributed by atoms with E-state index in [-0.39, 0.29) is 42.0 Å². The molecule has 2 unspecified atom stereocenters. The summed E-state index contributed by atoms with van der Waals surface area (Å²) >= 11 is 0. The Morgan fingerprint density at radius 2 is 2.04 bits per heavy atom. The van der Waals surface area contributed by atoms with Gasteiger partial charge in [0, 0.05) is 24.8 Å². The van der Waals surface area contributed by atoms with Gasteiger partial charge in [0.15, 0.2) is 0 Å². The number of amides is 3. The number of ether oxygens (including phenoxy) is 1. The quantitative estimate of drug-likeness (QED) is 0.707. The van der Waals surface area contributed by atoms with Gasteiger partial charge in [-0.2, -0.15) is 0 Å². The number of benzene rings is 1. The molecule has 1 aromatic rings. The summed E-state index contributed by atoms with van der Waals surface area (Å²) in [6.07, 6.45) is 2.46. The third-order valence-electron chi connectivity index (χ3n) is 5.02. The molecule has 3 amide bonds. The first-order chi connectivity index (χ1) is 12.9. The van der Waals surface area contributed by atoms with Gasteiger partial charge in [-0.05, 0) is 43.4 Å². The van der Waals surface area contributed by atoms with Crippen molar-refractivity contribution in [1.82, 2.24) is 10.2 Å². The molecule has 0 radical (unpaired) electrons. The van der Waals surface area contributed by atoms with Crippen LogP contribution in [0.15, 0.2) is 18.2 Å². The number of carbonyl (C=O) groups is 3. The summed E-state index contributed by atoms with van der Waals surface area (Å²) in [6, 6.07) is 4.51. The summed E-state index contributed by atoms with van der Waals surface area (Å²) in [5.74, 6) is -0.564. The lowest BCUT2D eigenvalue weighted by atomic mass is 10.0. The lowest BCUT2D eigenvalue weighted by Crippen LogP contribution is -2.41. The number of nitrogens with zero attached hydrogens (tertiary/aromatic N) is 1. The Morgan fingerprint density at radius 3 is 2.67 bits per heavy atom. The van der Waals surface area contributed by atoms with Gasteiger partial charge in [-0.3, -0.25) is 19.3 Å². The van der Waals surface area contributed by atoms with E-state index in [0.29, 0.717) is 30.2 Å². The lowest BCUT2D eigenvalue weighted by Gasteiger charge is -2.19. The molecule has 27 heavy (non-hydrogen) atoms. The zero-order valence-electron chi connectivity index (χ0n) is 15.9. The van der Waals surface area contributed by atoms with Crippen LogP contribution in [0.3, 0.4) is 0 Å². The molecule has 0 spiro atoms. The van der Waals surface area contributed by atoms with Crippen LogP contribution in [0, 0.1) is 5.92 Å². The van der Waals surface area contributed by atoms with Crippen molar-refractivity contribution in [3.8, 4) is 0 Å². The molecule has 3 N–H and O–H groups in total. The SMILES string of the molecule is CC(C)CC(CN)NC(=O)c1ccc2c(c1)C(=O)N(CC1CCCO1)C2=O. The van der Waals surface area contributed by atoms with Crippen molar-refractivity contribution in [2.75, 3.05) is 19.7 Å². The van der Waals surface area contributed by atoms with Gasteiger partial charge < -0.3 is 15.8 Å². The van der Waals surface area contributed by atoms with Crippen LogP contribution in [-0.2, 0) is 4.74 Å². The number of fused-ring (bicyclic) bond motifs is 1. The molecule has 1 fully saturated rings. The molecule has 1 saturated heterocycles. The van der Waals surface area contributed by atoms with Crippen molar-refractivity contribution in [3.63, 3.8) is 0 Å². The zero-order valence-corrected chi connectivity index (χ0v) is 15.9. The smallest absolute Gasteiger partial charge is 0.261 e. The minimum absolute atomic E-state index is 0.101. The number of imide groups is 1. The first-order valence-corrected chi connectivity index (χ1v) is 9.53. The van der Waals surface area contributed by atoms with E-state index in [1.807, 2.05) is 0 Å². The second-order valence-corrected chi connectivity index (χ2v) is 7.65. The third-order valence-corrected chi connectivity index (χ3v) is 5.02. The molecule has 2 heterocycles. The fraction of sp³-hybridized carbons (Fsp3) is 0.550. The third kappa shape index (κ3) is 4.20. The normalized spacial score (nSPS) is 20.3. The molecule has 7 nitrogen and oxygen atoms in total. The maximum Gasteiger partial charge on any atom is 0.261 e. The average molecular weight is 373 g/mol. The van der Waals surface area contributed by atoms with E-state index >= 15 is 0 Å².